The Morgan fingerprint density at radius 3 is 2.41 bits per heavy atom. The zero-order valence-corrected chi connectivity index (χ0v) is 19.6. The van der Waals surface area contributed by atoms with Gasteiger partial charge in [-0.1, -0.05) is 30.3 Å². The Morgan fingerprint density at radius 2 is 1.76 bits per heavy atom. The number of likely N-dealkylation sites (tertiary alicyclic amines) is 1. The number of carboxylic acid groups (broad SMARTS) is 1. The molecule has 0 spiro atoms. The van der Waals surface area contributed by atoms with E-state index < -0.39 is 30.1 Å². The van der Waals surface area contributed by atoms with Crippen molar-refractivity contribution in [3.63, 3.8) is 0 Å². The molecule has 0 bridgehead atoms. The van der Waals surface area contributed by atoms with Crippen LogP contribution < -0.4 is 10.1 Å². The highest BCUT2D eigenvalue weighted by atomic mass is 16.5. The third kappa shape index (κ3) is 6.81. The summed E-state index contributed by atoms with van der Waals surface area (Å²) >= 11 is 0. The fraction of sp³-hybridized carbons (Fsp3) is 0.423. The molecule has 1 heterocycles. The van der Waals surface area contributed by atoms with Crippen LogP contribution in [0.25, 0.3) is 0 Å². The molecule has 2 N–H and O–H groups in total. The lowest BCUT2D eigenvalue weighted by atomic mass is 10.0. The molecule has 1 aliphatic heterocycles. The van der Waals surface area contributed by atoms with Crippen molar-refractivity contribution in [3.8, 4) is 11.5 Å². The molecule has 3 atom stereocenters. The Kier molecular flexibility index (Phi) is 9.04. The largest absolute Gasteiger partial charge is 0.480 e. The third-order valence-electron chi connectivity index (χ3n) is 5.84. The Morgan fingerprint density at radius 1 is 1.09 bits per heavy atom. The monoisotopic (exact) mass is 468 g/mol. The van der Waals surface area contributed by atoms with Gasteiger partial charge < -0.3 is 19.5 Å². The van der Waals surface area contributed by atoms with E-state index >= 15 is 0 Å². The fourth-order valence-corrected chi connectivity index (χ4v) is 4.08. The van der Waals surface area contributed by atoms with Crippen LogP contribution in [0.2, 0.25) is 0 Å². The lowest BCUT2D eigenvalue weighted by Crippen LogP contribution is -2.53. The van der Waals surface area contributed by atoms with E-state index in [-0.39, 0.29) is 12.5 Å². The van der Waals surface area contributed by atoms with Crippen molar-refractivity contribution in [2.45, 2.75) is 57.7 Å². The second-order valence-corrected chi connectivity index (χ2v) is 8.32. The van der Waals surface area contributed by atoms with Gasteiger partial charge in [0.15, 0.2) is 0 Å². The maximum Gasteiger partial charge on any atom is 0.326 e. The predicted octanol–water partition coefficient (Wildman–Crippen LogP) is 3.40. The quantitative estimate of drug-likeness (QED) is 0.487. The number of nitrogens with zero attached hydrogens (tertiary/aromatic N) is 1. The number of hydrogen-bond donors (Lipinski definition) is 2. The lowest BCUT2D eigenvalue weighted by molar-refractivity contribution is -0.150. The molecule has 0 radical (unpaired) electrons. The number of ether oxygens (including phenoxy) is 2. The molecule has 182 valence electrons. The standard InChI is InChI=1S/C26H32N2O6/c1-3-33-26(32)22(27-18(2)24(29)28-17-7-10-23(28)25(30)31)16-13-19-11-14-21(15-12-19)34-20-8-5-4-6-9-20/h4-6,8-9,11-12,14-15,18,22-23,27H,3,7,10,13,16-17H2,1-2H3,(H,30,31)/t18-,22?,23-/m0/s1. The summed E-state index contributed by atoms with van der Waals surface area (Å²) in [7, 11) is 0. The number of carbonyl (C=O) groups is 3. The average molecular weight is 469 g/mol. The summed E-state index contributed by atoms with van der Waals surface area (Å²) in [6, 6.07) is 14.9. The lowest BCUT2D eigenvalue weighted by Gasteiger charge is -2.27. The van der Waals surface area contributed by atoms with E-state index in [1.54, 1.807) is 13.8 Å². The van der Waals surface area contributed by atoms with Gasteiger partial charge in [-0.2, -0.15) is 0 Å². The molecule has 1 unspecified atom stereocenters. The molecule has 34 heavy (non-hydrogen) atoms. The molecule has 1 aliphatic rings. The van der Waals surface area contributed by atoms with Gasteiger partial charge in [-0.15, -0.1) is 0 Å². The molecule has 2 aromatic rings. The molecular formula is C26H32N2O6. The first kappa shape index (κ1) is 25.2. The van der Waals surface area contributed by atoms with Crippen molar-refractivity contribution in [2.24, 2.45) is 0 Å². The number of esters is 1. The van der Waals surface area contributed by atoms with Crippen molar-refractivity contribution in [3.05, 3.63) is 60.2 Å². The first-order chi connectivity index (χ1) is 16.4. The number of carbonyl (C=O) groups excluding carboxylic acids is 2. The third-order valence-corrected chi connectivity index (χ3v) is 5.84. The number of aryl methyl sites for hydroxylation is 1. The van der Waals surface area contributed by atoms with Crippen LogP contribution in [0.5, 0.6) is 11.5 Å². The van der Waals surface area contributed by atoms with Crippen molar-refractivity contribution in [1.82, 2.24) is 10.2 Å². The maximum absolute atomic E-state index is 12.9. The number of para-hydroxylation sites is 1. The van der Waals surface area contributed by atoms with Crippen molar-refractivity contribution in [2.75, 3.05) is 13.2 Å². The second-order valence-electron chi connectivity index (χ2n) is 8.32. The number of nitrogens with one attached hydrogen (secondary N) is 1. The van der Waals surface area contributed by atoms with E-state index in [1.807, 2.05) is 54.6 Å². The Bertz CT molecular complexity index is 963. The normalized spacial score (nSPS) is 17.1. The van der Waals surface area contributed by atoms with Gasteiger partial charge in [-0.05, 0) is 69.4 Å². The van der Waals surface area contributed by atoms with Gasteiger partial charge >= 0.3 is 11.9 Å². The fourth-order valence-electron chi connectivity index (χ4n) is 4.08. The molecule has 0 aliphatic carbocycles. The molecule has 3 rings (SSSR count). The van der Waals surface area contributed by atoms with Crippen molar-refractivity contribution < 1.29 is 29.0 Å². The number of benzene rings is 2. The maximum atomic E-state index is 12.9. The van der Waals surface area contributed by atoms with Crippen LogP contribution in [0, 0.1) is 0 Å². The summed E-state index contributed by atoms with van der Waals surface area (Å²) in [4.78, 5) is 38.2. The van der Waals surface area contributed by atoms with E-state index in [2.05, 4.69) is 5.32 Å². The molecule has 0 aromatic heterocycles. The zero-order chi connectivity index (χ0) is 24.5. The van der Waals surface area contributed by atoms with Crippen LogP contribution in [0.4, 0.5) is 0 Å². The van der Waals surface area contributed by atoms with Crippen LogP contribution in [-0.2, 0) is 25.5 Å². The smallest absolute Gasteiger partial charge is 0.326 e. The number of aliphatic carboxylic acids is 1. The highest BCUT2D eigenvalue weighted by Gasteiger charge is 2.37. The SMILES string of the molecule is CCOC(=O)C(CCc1ccc(Oc2ccccc2)cc1)N[C@@H](C)C(=O)N1CCC[C@H]1C(=O)O. The van der Waals surface area contributed by atoms with E-state index in [4.69, 9.17) is 9.47 Å². The highest BCUT2D eigenvalue weighted by molar-refractivity contribution is 5.88. The molecule has 8 nitrogen and oxygen atoms in total. The molecule has 2 aromatic carbocycles. The van der Waals surface area contributed by atoms with Gasteiger partial charge in [0.1, 0.15) is 23.6 Å². The van der Waals surface area contributed by atoms with E-state index in [9.17, 15) is 19.5 Å². The number of amides is 1. The van der Waals surface area contributed by atoms with Gasteiger partial charge in [0, 0.05) is 6.54 Å². The number of rotatable bonds is 11. The van der Waals surface area contributed by atoms with Crippen LogP contribution in [0.1, 0.15) is 38.7 Å². The zero-order valence-electron chi connectivity index (χ0n) is 19.6. The van der Waals surface area contributed by atoms with Gasteiger partial charge in [0.25, 0.3) is 0 Å². The minimum absolute atomic E-state index is 0.234. The first-order valence-corrected chi connectivity index (χ1v) is 11.7. The Balaban J connectivity index is 1.59. The topological polar surface area (TPSA) is 105 Å². The number of carboxylic acids is 1. The molecule has 8 heteroatoms. The van der Waals surface area contributed by atoms with E-state index in [1.165, 1.54) is 4.90 Å². The Labute approximate surface area is 199 Å². The summed E-state index contributed by atoms with van der Waals surface area (Å²) in [5, 5.41) is 12.4. The van der Waals surface area contributed by atoms with Gasteiger partial charge in [-0.3, -0.25) is 14.9 Å². The molecule has 0 saturated carbocycles. The molecular weight excluding hydrogens is 436 g/mol. The summed E-state index contributed by atoms with van der Waals surface area (Å²) in [5.41, 5.74) is 1.01. The predicted molar refractivity (Wildman–Crippen MR) is 127 cm³/mol. The second kappa shape index (κ2) is 12.2. The van der Waals surface area contributed by atoms with E-state index in [0.717, 1.165) is 11.3 Å². The van der Waals surface area contributed by atoms with Gasteiger partial charge in [0.2, 0.25) is 5.91 Å². The van der Waals surface area contributed by atoms with Crippen LogP contribution in [-0.4, -0.2) is 59.1 Å². The van der Waals surface area contributed by atoms with E-state index in [0.29, 0.717) is 38.0 Å². The minimum atomic E-state index is -1.00. The summed E-state index contributed by atoms with van der Waals surface area (Å²) in [6.45, 7) is 4.03. The number of hydrogen-bond acceptors (Lipinski definition) is 6. The molecule has 1 saturated heterocycles. The van der Waals surface area contributed by atoms with Gasteiger partial charge in [-0.25, -0.2) is 4.79 Å². The van der Waals surface area contributed by atoms with Crippen molar-refractivity contribution in [1.29, 1.82) is 0 Å². The summed E-state index contributed by atoms with van der Waals surface area (Å²) in [6.07, 6.45) is 2.11. The average Bonchev–Trinajstić information content (AvgIpc) is 3.33. The molecule has 1 fully saturated rings. The van der Waals surface area contributed by atoms with Crippen LogP contribution in [0.15, 0.2) is 54.6 Å². The first-order valence-electron chi connectivity index (χ1n) is 11.7. The minimum Gasteiger partial charge on any atom is -0.480 e. The Hall–Kier alpha value is -3.39. The summed E-state index contributed by atoms with van der Waals surface area (Å²) in [5.74, 6) is -0.278. The van der Waals surface area contributed by atoms with Crippen LogP contribution >= 0.6 is 0 Å². The van der Waals surface area contributed by atoms with Gasteiger partial charge in [0.05, 0.1) is 12.6 Å². The van der Waals surface area contributed by atoms with Crippen molar-refractivity contribution >= 4 is 17.8 Å². The van der Waals surface area contributed by atoms with Crippen LogP contribution in [0.3, 0.4) is 0 Å². The highest BCUT2D eigenvalue weighted by Crippen LogP contribution is 2.22. The summed E-state index contributed by atoms with van der Waals surface area (Å²) < 4.78 is 11.0. The molecule has 1 amide bonds.